The first-order chi connectivity index (χ1) is 11.0. The first-order valence-electron chi connectivity index (χ1n) is 7.27. The van der Waals surface area contributed by atoms with Crippen molar-refractivity contribution in [1.82, 2.24) is 0 Å². The van der Waals surface area contributed by atoms with E-state index in [1.54, 1.807) is 32.0 Å². The summed E-state index contributed by atoms with van der Waals surface area (Å²) in [6.07, 6.45) is 0. The van der Waals surface area contributed by atoms with E-state index in [4.69, 9.17) is 9.47 Å². The molecule has 0 aliphatic rings. The van der Waals surface area contributed by atoms with E-state index in [0.717, 1.165) is 5.56 Å². The predicted molar refractivity (Wildman–Crippen MR) is 88.3 cm³/mol. The summed E-state index contributed by atoms with van der Waals surface area (Å²) in [5.74, 6) is -0.932. The molecule has 4 heteroatoms. The van der Waals surface area contributed by atoms with Crippen molar-refractivity contribution < 1.29 is 19.1 Å². The Morgan fingerprint density at radius 2 is 1.74 bits per heavy atom. The Bertz CT molecular complexity index is 732. The fourth-order valence-corrected chi connectivity index (χ4v) is 2.04. The van der Waals surface area contributed by atoms with Crippen molar-refractivity contribution in [1.29, 1.82) is 0 Å². The summed E-state index contributed by atoms with van der Waals surface area (Å²) in [6, 6.07) is 14.5. The van der Waals surface area contributed by atoms with Crippen molar-refractivity contribution in [3.63, 3.8) is 0 Å². The van der Waals surface area contributed by atoms with E-state index in [1.165, 1.54) is 0 Å². The van der Waals surface area contributed by atoms with E-state index in [0.29, 0.717) is 5.56 Å². The van der Waals surface area contributed by atoms with Gasteiger partial charge in [-0.05, 0) is 25.5 Å². The summed E-state index contributed by atoms with van der Waals surface area (Å²) < 4.78 is 10.5. The van der Waals surface area contributed by atoms with Gasteiger partial charge in [0.15, 0.2) is 5.75 Å². The summed E-state index contributed by atoms with van der Waals surface area (Å²) >= 11 is 0. The highest BCUT2D eigenvalue weighted by atomic mass is 16.5. The Morgan fingerprint density at radius 3 is 2.35 bits per heavy atom. The molecule has 0 bridgehead atoms. The number of hydrogen-bond donors (Lipinski definition) is 0. The van der Waals surface area contributed by atoms with Gasteiger partial charge in [0.05, 0.1) is 6.61 Å². The van der Waals surface area contributed by atoms with Crippen LogP contribution in [-0.2, 0) is 9.53 Å². The Labute approximate surface area is 135 Å². The molecule has 2 aromatic carbocycles. The van der Waals surface area contributed by atoms with Gasteiger partial charge < -0.3 is 9.47 Å². The van der Waals surface area contributed by atoms with Gasteiger partial charge in [0.2, 0.25) is 0 Å². The lowest BCUT2D eigenvalue weighted by molar-refractivity contribution is -0.130. The van der Waals surface area contributed by atoms with Crippen LogP contribution in [0.1, 0.15) is 24.2 Å². The number of carbonyl (C=O) groups is 2. The van der Waals surface area contributed by atoms with Gasteiger partial charge in [-0.2, -0.15) is 0 Å². The molecule has 0 N–H and O–H groups in total. The van der Waals surface area contributed by atoms with Crippen LogP contribution < -0.4 is 4.74 Å². The summed E-state index contributed by atoms with van der Waals surface area (Å²) in [5, 5.41) is 0. The molecule has 0 amide bonds. The van der Waals surface area contributed by atoms with E-state index in [-0.39, 0.29) is 23.5 Å². The zero-order valence-corrected chi connectivity index (χ0v) is 13.2. The highest BCUT2D eigenvalue weighted by Gasteiger charge is 2.21. The second-order valence-electron chi connectivity index (χ2n) is 4.94. The molecular weight excluding hydrogens is 292 g/mol. The van der Waals surface area contributed by atoms with Crippen molar-refractivity contribution in [2.75, 3.05) is 6.61 Å². The van der Waals surface area contributed by atoms with Crippen LogP contribution in [0.4, 0.5) is 0 Å². The fourth-order valence-electron chi connectivity index (χ4n) is 2.04. The predicted octanol–water partition coefficient (Wildman–Crippen LogP) is 4.01. The highest BCUT2D eigenvalue weighted by molar-refractivity contribution is 5.98. The Morgan fingerprint density at radius 1 is 1.04 bits per heavy atom. The Balaban J connectivity index is 2.57. The summed E-state index contributed by atoms with van der Waals surface area (Å²) in [4.78, 5) is 24.1. The SMILES string of the molecule is C=C(C)C(=O)Oc1c(C(=O)OCC)cccc1-c1ccccc1. The second kappa shape index (κ2) is 7.40. The zero-order chi connectivity index (χ0) is 16.8. The van der Waals surface area contributed by atoms with Crippen LogP contribution in [0, 0.1) is 0 Å². The minimum atomic E-state index is -0.584. The van der Waals surface area contributed by atoms with Gasteiger partial charge in [-0.1, -0.05) is 49.0 Å². The minimum absolute atomic E-state index is 0.185. The Kier molecular flexibility index (Phi) is 5.31. The number of para-hydroxylation sites is 1. The normalized spacial score (nSPS) is 10.0. The van der Waals surface area contributed by atoms with Crippen molar-refractivity contribution in [3.8, 4) is 16.9 Å². The van der Waals surface area contributed by atoms with Gasteiger partial charge in [-0.25, -0.2) is 9.59 Å². The molecule has 118 valence electrons. The fraction of sp³-hybridized carbons (Fsp3) is 0.158. The highest BCUT2D eigenvalue weighted by Crippen LogP contribution is 2.34. The maximum atomic E-state index is 12.2. The van der Waals surface area contributed by atoms with Crippen LogP contribution in [0.15, 0.2) is 60.7 Å². The summed E-state index contributed by atoms with van der Waals surface area (Å²) in [5.41, 5.74) is 1.94. The third-order valence-corrected chi connectivity index (χ3v) is 3.14. The molecule has 23 heavy (non-hydrogen) atoms. The van der Waals surface area contributed by atoms with Crippen LogP contribution in [0.5, 0.6) is 5.75 Å². The minimum Gasteiger partial charge on any atom is -0.462 e. The number of ether oxygens (including phenoxy) is 2. The average Bonchev–Trinajstić information content (AvgIpc) is 2.55. The van der Waals surface area contributed by atoms with Gasteiger partial charge in [-0.3, -0.25) is 0 Å². The monoisotopic (exact) mass is 310 g/mol. The van der Waals surface area contributed by atoms with Crippen LogP contribution in [0.3, 0.4) is 0 Å². The summed E-state index contributed by atoms with van der Waals surface area (Å²) in [7, 11) is 0. The lowest BCUT2D eigenvalue weighted by Gasteiger charge is -2.14. The smallest absolute Gasteiger partial charge is 0.341 e. The standard InChI is InChI=1S/C19H18O4/c1-4-22-19(21)16-12-8-11-15(14-9-6-5-7-10-14)17(16)23-18(20)13(2)3/h5-12H,2,4H2,1,3H3. The number of carbonyl (C=O) groups excluding carboxylic acids is 2. The molecule has 0 unspecified atom stereocenters. The molecule has 0 aliphatic carbocycles. The molecule has 0 aliphatic heterocycles. The van der Waals surface area contributed by atoms with Gasteiger partial charge in [0, 0.05) is 11.1 Å². The first kappa shape index (κ1) is 16.5. The van der Waals surface area contributed by atoms with Crippen LogP contribution in [0.2, 0.25) is 0 Å². The molecule has 0 fully saturated rings. The number of rotatable bonds is 5. The van der Waals surface area contributed by atoms with Crippen molar-refractivity contribution in [3.05, 3.63) is 66.2 Å². The first-order valence-corrected chi connectivity index (χ1v) is 7.27. The van der Waals surface area contributed by atoms with Crippen LogP contribution >= 0.6 is 0 Å². The average molecular weight is 310 g/mol. The number of hydrogen-bond acceptors (Lipinski definition) is 4. The number of esters is 2. The molecule has 0 spiro atoms. The third-order valence-electron chi connectivity index (χ3n) is 3.14. The maximum Gasteiger partial charge on any atom is 0.341 e. The van der Waals surface area contributed by atoms with E-state index in [1.807, 2.05) is 30.3 Å². The number of benzene rings is 2. The quantitative estimate of drug-likeness (QED) is 0.475. The lowest BCUT2D eigenvalue weighted by atomic mass is 10.0. The molecule has 2 rings (SSSR count). The largest absolute Gasteiger partial charge is 0.462 e. The van der Waals surface area contributed by atoms with E-state index < -0.39 is 11.9 Å². The molecular formula is C19H18O4. The van der Waals surface area contributed by atoms with E-state index >= 15 is 0 Å². The van der Waals surface area contributed by atoms with Crippen molar-refractivity contribution in [2.24, 2.45) is 0 Å². The van der Waals surface area contributed by atoms with Crippen LogP contribution in [-0.4, -0.2) is 18.5 Å². The Hall–Kier alpha value is -2.88. The second-order valence-corrected chi connectivity index (χ2v) is 4.94. The molecule has 0 heterocycles. The molecule has 0 saturated heterocycles. The molecule has 0 aromatic heterocycles. The van der Waals surface area contributed by atoms with E-state index in [2.05, 4.69) is 6.58 Å². The third kappa shape index (κ3) is 3.86. The summed E-state index contributed by atoms with van der Waals surface area (Å²) in [6.45, 7) is 7.09. The van der Waals surface area contributed by atoms with Gasteiger partial charge in [-0.15, -0.1) is 0 Å². The lowest BCUT2D eigenvalue weighted by Crippen LogP contribution is -2.14. The maximum absolute atomic E-state index is 12.2. The molecule has 4 nitrogen and oxygen atoms in total. The van der Waals surface area contributed by atoms with Crippen LogP contribution in [0.25, 0.3) is 11.1 Å². The molecule has 0 atom stereocenters. The van der Waals surface area contributed by atoms with Crippen molar-refractivity contribution in [2.45, 2.75) is 13.8 Å². The molecule has 0 saturated carbocycles. The molecule has 0 radical (unpaired) electrons. The van der Waals surface area contributed by atoms with Gasteiger partial charge in [0.1, 0.15) is 5.56 Å². The topological polar surface area (TPSA) is 52.6 Å². The van der Waals surface area contributed by atoms with Crippen molar-refractivity contribution >= 4 is 11.9 Å². The van der Waals surface area contributed by atoms with E-state index in [9.17, 15) is 9.59 Å². The zero-order valence-electron chi connectivity index (χ0n) is 13.2. The van der Waals surface area contributed by atoms with Gasteiger partial charge >= 0.3 is 11.9 Å². The van der Waals surface area contributed by atoms with Gasteiger partial charge in [0.25, 0.3) is 0 Å². The molecule has 2 aromatic rings.